The Balaban J connectivity index is 1.43. The smallest absolute Gasteiger partial charge is 0.417 e. The molecule has 3 aromatic rings. The van der Waals surface area contributed by atoms with E-state index in [2.05, 4.69) is 9.71 Å². The Morgan fingerprint density at radius 3 is 2.58 bits per heavy atom. The van der Waals surface area contributed by atoms with Crippen molar-refractivity contribution in [1.82, 2.24) is 14.6 Å². The van der Waals surface area contributed by atoms with Crippen molar-refractivity contribution in [2.45, 2.75) is 57.3 Å². The zero-order chi connectivity index (χ0) is 25.9. The van der Waals surface area contributed by atoms with Crippen molar-refractivity contribution in [1.29, 1.82) is 0 Å². The minimum atomic E-state index is -0.572. The van der Waals surface area contributed by atoms with E-state index < -0.39 is 11.7 Å². The van der Waals surface area contributed by atoms with Crippen LogP contribution in [-0.4, -0.2) is 45.8 Å². The predicted octanol–water partition coefficient (Wildman–Crippen LogP) is 6.21. The number of piperidine rings is 1. The molecule has 0 radical (unpaired) electrons. The maximum Gasteiger partial charge on any atom is 0.417 e. The molecule has 4 rings (SSSR count). The number of carbonyl (C=O) groups excluding carboxylic acids is 2. The van der Waals surface area contributed by atoms with Crippen LogP contribution in [0.2, 0.25) is 0 Å². The summed E-state index contributed by atoms with van der Waals surface area (Å²) in [5.74, 6) is -0.683. The molecule has 6 nitrogen and oxygen atoms in total. The molecule has 0 saturated carbocycles. The number of ether oxygens (including phenoxy) is 1. The third kappa shape index (κ3) is 6.57. The molecule has 1 aliphatic rings. The number of rotatable bonds is 6. The Kier molecular flexibility index (Phi) is 7.88. The molecule has 2 amide bonds. The monoisotopic (exact) mass is 515 g/mol. The second-order valence-electron chi connectivity index (χ2n) is 10.0. The topological polar surface area (TPSA) is 74.4 Å². The van der Waals surface area contributed by atoms with E-state index in [1.54, 1.807) is 18.2 Å². The lowest BCUT2D eigenvalue weighted by atomic mass is 10.00. The molecule has 1 aliphatic heterocycles. The second kappa shape index (κ2) is 10.9. The summed E-state index contributed by atoms with van der Waals surface area (Å²) >= 11 is 1.29. The molecule has 1 fully saturated rings. The summed E-state index contributed by atoms with van der Waals surface area (Å²) in [6, 6.07) is 10.6. The van der Waals surface area contributed by atoms with Crippen molar-refractivity contribution in [3.8, 4) is 11.3 Å². The van der Waals surface area contributed by atoms with Crippen LogP contribution in [0.4, 0.5) is 13.6 Å². The summed E-state index contributed by atoms with van der Waals surface area (Å²) < 4.78 is 35.5. The summed E-state index contributed by atoms with van der Waals surface area (Å²) in [6.45, 7) is 6.62. The number of aromatic nitrogens is 1. The van der Waals surface area contributed by atoms with Gasteiger partial charge in [-0.05, 0) is 106 Å². The fraction of sp³-hybridized carbons (Fsp3) is 0.407. The summed E-state index contributed by atoms with van der Waals surface area (Å²) in [4.78, 5) is 30.2. The van der Waals surface area contributed by atoms with E-state index in [9.17, 15) is 18.4 Å². The van der Waals surface area contributed by atoms with E-state index in [0.29, 0.717) is 19.5 Å². The fourth-order valence-electron chi connectivity index (χ4n) is 4.42. The van der Waals surface area contributed by atoms with E-state index in [1.165, 1.54) is 36.2 Å². The number of hydrogen-bond donors (Lipinski definition) is 2. The number of nitrogens with one attached hydrogen (secondary N) is 2. The van der Waals surface area contributed by atoms with Gasteiger partial charge < -0.3 is 14.6 Å². The van der Waals surface area contributed by atoms with Crippen LogP contribution in [-0.2, 0) is 16.0 Å². The zero-order valence-electron chi connectivity index (χ0n) is 20.7. The highest BCUT2D eigenvalue weighted by Gasteiger charge is 2.26. The molecule has 1 saturated heterocycles. The van der Waals surface area contributed by atoms with Crippen molar-refractivity contribution >= 4 is 34.9 Å². The third-order valence-corrected chi connectivity index (χ3v) is 7.03. The highest BCUT2D eigenvalue weighted by atomic mass is 32.2. The quantitative estimate of drug-likeness (QED) is 0.383. The van der Waals surface area contributed by atoms with Gasteiger partial charge in [0.05, 0.1) is 0 Å². The lowest BCUT2D eigenvalue weighted by Crippen LogP contribution is -2.42. The molecular formula is C27H31F2N3O3S. The van der Waals surface area contributed by atoms with Gasteiger partial charge in [0.15, 0.2) is 0 Å². The van der Waals surface area contributed by atoms with Crippen molar-refractivity contribution in [2.24, 2.45) is 0 Å². The predicted molar refractivity (Wildman–Crippen MR) is 139 cm³/mol. The Morgan fingerprint density at radius 2 is 1.86 bits per heavy atom. The number of aryl methyl sites for hydroxylation is 1. The molecule has 36 heavy (non-hydrogen) atoms. The third-order valence-electron chi connectivity index (χ3n) is 6.03. The molecule has 1 unspecified atom stereocenters. The first-order valence-corrected chi connectivity index (χ1v) is 13.0. The minimum Gasteiger partial charge on any atom is -0.443 e. The lowest BCUT2D eigenvalue weighted by Gasteiger charge is -2.32. The Morgan fingerprint density at radius 1 is 1.14 bits per heavy atom. The van der Waals surface area contributed by atoms with Crippen LogP contribution in [0.1, 0.15) is 45.6 Å². The number of amides is 2. The summed E-state index contributed by atoms with van der Waals surface area (Å²) in [7, 11) is 0. The largest absolute Gasteiger partial charge is 0.443 e. The average molecular weight is 516 g/mol. The SMILES string of the molecule is CC(C)(C)OC(=O)NSC1CCCN(C(=O)CCc2c(-c3ccc(F)cc3)[nH]c3ccc(F)cc23)C1. The standard InChI is InChI=1S/C27H31F2N3O3S/c1-27(2,3)35-26(34)31-36-20-5-4-14-32(16-20)24(33)13-11-21-22-15-19(29)10-12-23(22)30-25(21)17-6-8-18(28)9-7-17/h6-10,12,15,20,30H,4-5,11,13-14,16H2,1-3H3,(H,31,34). The maximum absolute atomic E-state index is 14.1. The number of fused-ring (bicyclic) bond motifs is 1. The van der Waals surface area contributed by atoms with Gasteiger partial charge in [-0.1, -0.05) is 0 Å². The number of H-pyrrole nitrogens is 1. The number of aromatic amines is 1. The van der Waals surface area contributed by atoms with Crippen LogP contribution in [0.3, 0.4) is 0 Å². The summed E-state index contributed by atoms with van der Waals surface area (Å²) in [5.41, 5.74) is 2.56. The van der Waals surface area contributed by atoms with Crippen LogP contribution in [0, 0.1) is 11.6 Å². The number of nitrogens with zero attached hydrogens (tertiary/aromatic N) is 1. The van der Waals surface area contributed by atoms with Crippen molar-refractivity contribution in [2.75, 3.05) is 13.1 Å². The molecule has 2 aromatic carbocycles. The van der Waals surface area contributed by atoms with Gasteiger partial charge in [0, 0.05) is 41.4 Å². The van der Waals surface area contributed by atoms with Gasteiger partial charge in [0.1, 0.15) is 17.2 Å². The van der Waals surface area contributed by atoms with Gasteiger partial charge in [0.2, 0.25) is 5.91 Å². The van der Waals surface area contributed by atoms with E-state index >= 15 is 0 Å². The van der Waals surface area contributed by atoms with Gasteiger partial charge in [-0.15, -0.1) is 0 Å². The molecule has 0 bridgehead atoms. The van der Waals surface area contributed by atoms with Crippen LogP contribution in [0.15, 0.2) is 42.5 Å². The molecular weight excluding hydrogens is 484 g/mol. The van der Waals surface area contributed by atoms with Crippen molar-refractivity contribution in [3.05, 3.63) is 59.7 Å². The lowest BCUT2D eigenvalue weighted by molar-refractivity contribution is -0.131. The number of benzene rings is 2. The second-order valence-corrected chi connectivity index (χ2v) is 11.1. The normalized spacial score (nSPS) is 16.2. The first kappa shape index (κ1) is 26.0. The zero-order valence-corrected chi connectivity index (χ0v) is 21.5. The molecule has 9 heteroatoms. The average Bonchev–Trinajstić information content (AvgIpc) is 3.18. The number of hydrogen-bond acceptors (Lipinski definition) is 4. The first-order chi connectivity index (χ1) is 17.1. The fourth-order valence-corrected chi connectivity index (χ4v) is 5.27. The molecule has 0 aliphatic carbocycles. The number of carbonyl (C=O) groups is 2. The Hall–Kier alpha value is -3.07. The molecule has 1 atom stereocenters. The Bertz CT molecular complexity index is 1240. The van der Waals surface area contributed by atoms with Gasteiger partial charge in [-0.3, -0.25) is 9.52 Å². The molecule has 2 heterocycles. The molecule has 0 spiro atoms. The maximum atomic E-state index is 14.1. The summed E-state index contributed by atoms with van der Waals surface area (Å²) in [6.07, 6.45) is 1.92. The van der Waals surface area contributed by atoms with Crippen molar-refractivity contribution in [3.63, 3.8) is 0 Å². The number of likely N-dealkylation sites (tertiary alicyclic amines) is 1. The first-order valence-electron chi connectivity index (χ1n) is 12.1. The minimum absolute atomic E-state index is 0.00776. The van der Waals surface area contributed by atoms with Crippen LogP contribution in [0.25, 0.3) is 22.2 Å². The van der Waals surface area contributed by atoms with Gasteiger partial charge >= 0.3 is 6.09 Å². The summed E-state index contributed by atoms with van der Waals surface area (Å²) in [5, 5.41) is 0.794. The van der Waals surface area contributed by atoms with Gasteiger partial charge in [0.25, 0.3) is 0 Å². The Labute approximate surface area is 213 Å². The number of halogens is 2. The molecule has 192 valence electrons. The van der Waals surface area contributed by atoms with E-state index in [1.807, 2.05) is 25.7 Å². The highest BCUT2D eigenvalue weighted by molar-refractivity contribution is 7.98. The molecule has 1 aromatic heterocycles. The van der Waals surface area contributed by atoms with E-state index in [-0.39, 0.29) is 29.2 Å². The van der Waals surface area contributed by atoms with E-state index in [4.69, 9.17) is 4.74 Å². The van der Waals surface area contributed by atoms with Crippen LogP contribution in [0.5, 0.6) is 0 Å². The van der Waals surface area contributed by atoms with Crippen LogP contribution >= 0.6 is 11.9 Å². The van der Waals surface area contributed by atoms with Crippen molar-refractivity contribution < 1.29 is 23.1 Å². The molecule has 2 N–H and O–H groups in total. The van der Waals surface area contributed by atoms with Crippen LogP contribution < -0.4 is 4.72 Å². The van der Waals surface area contributed by atoms with Gasteiger partial charge in [-0.25, -0.2) is 13.6 Å². The highest BCUT2D eigenvalue weighted by Crippen LogP contribution is 2.32. The van der Waals surface area contributed by atoms with E-state index in [0.717, 1.165) is 40.6 Å². The van der Waals surface area contributed by atoms with Gasteiger partial charge in [-0.2, -0.15) is 0 Å².